The van der Waals surface area contributed by atoms with Crippen LogP contribution in [0.1, 0.15) is 33.6 Å². The van der Waals surface area contributed by atoms with Crippen LogP contribution < -0.4 is 0 Å². The van der Waals surface area contributed by atoms with Gasteiger partial charge in [0.05, 0.1) is 12.1 Å². The van der Waals surface area contributed by atoms with Crippen LogP contribution in [0.15, 0.2) is 24.3 Å². The van der Waals surface area contributed by atoms with Gasteiger partial charge in [0.1, 0.15) is 5.01 Å². The van der Waals surface area contributed by atoms with Gasteiger partial charge in [-0.1, -0.05) is 31.2 Å². The van der Waals surface area contributed by atoms with Gasteiger partial charge in [0, 0.05) is 11.3 Å². The summed E-state index contributed by atoms with van der Waals surface area (Å²) in [7, 11) is 0. The molecule has 0 bridgehead atoms. The van der Waals surface area contributed by atoms with Crippen LogP contribution in [0, 0.1) is 6.92 Å². The van der Waals surface area contributed by atoms with Crippen molar-refractivity contribution in [2.75, 3.05) is 0 Å². The standard InChI is InChI=1S/C15H17NO2S/c1-3-11-4-6-12(7-5-11)8-13-10(2)16-14(19-13)9-15(17)18/h4-7H,3,8-9H2,1-2H3,(H,17,18). The minimum atomic E-state index is -0.826. The molecule has 0 fully saturated rings. The summed E-state index contributed by atoms with van der Waals surface area (Å²) < 4.78 is 0. The Kier molecular flexibility index (Phi) is 4.32. The Morgan fingerprint density at radius 2 is 1.89 bits per heavy atom. The van der Waals surface area contributed by atoms with Gasteiger partial charge in [-0.25, -0.2) is 4.98 Å². The van der Waals surface area contributed by atoms with Gasteiger partial charge in [-0.2, -0.15) is 0 Å². The first kappa shape index (κ1) is 13.7. The van der Waals surface area contributed by atoms with E-state index < -0.39 is 5.97 Å². The first-order valence-electron chi connectivity index (χ1n) is 6.33. The van der Waals surface area contributed by atoms with Gasteiger partial charge < -0.3 is 5.11 Å². The van der Waals surface area contributed by atoms with Crippen molar-refractivity contribution in [2.24, 2.45) is 0 Å². The van der Waals surface area contributed by atoms with Gasteiger partial charge >= 0.3 is 5.97 Å². The number of aliphatic carboxylic acids is 1. The number of rotatable bonds is 5. The Morgan fingerprint density at radius 1 is 1.26 bits per heavy atom. The number of aromatic nitrogens is 1. The SMILES string of the molecule is CCc1ccc(Cc2sc(CC(=O)O)nc2C)cc1. The van der Waals surface area contributed by atoms with Crippen LogP contribution in [-0.4, -0.2) is 16.1 Å². The molecule has 2 aromatic rings. The van der Waals surface area contributed by atoms with Gasteiger partial charge in [0.15, 0.2) is 0 Å². The Labute approximate surface area is 116 Å². The number of thiazole rings is 1. The van der Waals surface area contributed by atoms with E-state index in [4.69, 9.17) is 5.11 Å². The average molecular weight is 275 g/mol. The predicted molar refractivity (Wildman–Crippen MR) is 76.8 cm³/mol. The first-order valence-corrected chi connectivity index (χ1v) is 7.15. The highest BCUT2D eigenvalue weighted by molar-refractivity contribution is 7.11. The van der Waals surface area contributed by atoms with E-state index in [0.29, 0.717) is 5.01 Å². The lowest BCUT2D eigenvalue weighted by Crippen LogP contribution is -1.98. The fourth-order valence-corrected chi connectivity index (χ4v) is 3.03. The Bertz CT molecular complexity index is 572. The molecular formula is C15H17NO2S. The van der Waals surface area contributed by atoms with Crippen LogP contribution in [0.2, 0.25) is 0 Å². The molecule has 0 aliphatic heterocycles. The monoisotopic (exact) mass is 275 g/mol. The summed E-state index contributed by atoms with van der Waals surface area (Å²) in [6.45, 7) is 4.08. The predicted octanol–water partition coefficient (Wildman–Crippen LogP) is 3.23. The van der Waals surface area contributed by atoms with Crippen molar-refractivity contribution in [3.05, 3.63) is 51.0 Å². The molecule has 0 radical (unpaired) electrons. The van der Waals surface area contributed by atoms with E-state index in [2.05, 4.69) is 36.2 Å². The lowest BCUT2D eigenvalue weighted by molar-refractivity contribution is -0.136. The molecule has 2 rings (SSSR count). The third kappa shape index (κ3) is 3.64. The van der Waals surface area contributed by atoms with Crippen LogP contribution in [0.5, 0.6) is 0 Å². The molecule has 0 spiro atoms. The first-order chi connectivity index (χ1) is 9.08. The molecule has 0 saturated carbocycles. The van der Waals surface area contributed by atoms with Gasteiger partial charge in [0.2, 0.25) is 0 Å². The summed E-state index contributed by atoms with van der Waals surface area (Å²) in [5, 5.41) is 9.47. The van der Waals surface area contributed by atoms with E-state index in [1.807, 2.05) is 6.92 Å². The maximum absolute atomic E-state index is 10.7. The highest BCUT2D eigenvalue weighted by atomic mass is 32.1. The number of hydrogen-bond acceptors (Lipinski definition) is 3. The Hall–Kier alpha value is -1.68. The molecule has 0 aliphatic rings. The minimum absolute atomic E-state index is 0.0142. The van der Waals surface area contributed by atoms with Gasteiger partial charge in [-0.15, -0.1) is 11.3 Å². The van der Waals surface area contributed by atoms with Gasteiger partial charge in [-0.3, -0.25) is 4.79 Å². The second-order valence-corrected chi connectivity index (χ2v) is 5.70. The molecular weight excluding hydrogens is 258 g/mol. The van der Waals surface area contributed by atoms with E-state index in [1.54, 1.807) is 0 Å². The number of aryl methyl sites for hydroxylation is 2. The van der Waals surface area contributed by atoms with Gasteiger partial charge in [-0.05, 0) is 24.5 Å². The highest BCUT2D eigenvalue weighted by Crippen LogP contribution is 2.22. The van der Waals surface area contributed by atoms with E-state index in [9.17, 15) is 4.79 Å². The van der Waals surface area contributed by atoms with Crippen molar-refractivity contribution in [3.63, 3.8) is 0 Å². The van der Waals surface area contributed by atoms with E-state index in [-0.39, 0.29) is 6.42 Å². The third-order valence-corrected chi connectivity index (χ3v) is 4.19. The minimum Gasteiger partial charge on any atom is -0.481 e. The second-order valence-electron chi connectivity index (χ2n) is 4.53. The van der Waals surface area contributed by atoms with E-state index >= 15 is 0 Å². The fraction of sp³-hybridized carbons (Fsp3) is 0.333. The summed E-state index contributed by atoms with van der Waals surface area (Å²) in [5.74, 6) is -0.826. The number of hydrogen-bond donors (Lipinski definition) is 1. The average Bonchev–Trinajstić information content (AvgIpc) is 2.69. The molecule has 4 heteroatoms. The lowest BCUT2D eigenvalue weighted by atomic mass is 10.1. The van der Waals surface area contributed by atoms with Crippen LogP contribution >= 0.6 is 11.3 Å². The molecule has 1 heterocycles. The number of carboxylic acids is 1. The van der Waals surface area contributed by atoms with Crippen molar-refractivity contribution in [1.82, 2.24) is 4.98 Å². The van der Waals surface area contributed by atoms with Crippen molar-refractivity contribution >= 4 is 17.3 Å². The maximum Gasteiger partial charge on any atom is 0.310 e. The quantitative estimate of drug-likeness (QED) is 0.911. The Morgan fingerprint density at radius 3 is 2.47 bits per heavy atom. The molecule has 1 aromatic carbocycles. The summed E-state index contributed by atoms with van der Waals surface area (Å²) >= 11 is 1.50. The number of benzene rings is 1. The molecule has 0 amide bonds. The van der Waals surface area contributed by atoms with Crippen molar-refractivity contribution in [2.45, 2.75) is 33.1 Å². The molecule has 100 valence electrons. The van der Waals surface area contributed by atoms with Crippen molar-refractivity contribution in [3.8, 4) is 0 Å². The highest BCUT2D eigenvalue weighted by Gasteiger charge is 2.10. The molecule has 1 aromatic heterocycles. The summed E-state index contributed by atoms with van der Waals surface area (Å²) in [6.07, 6.45) is 1.88. The summed E-state index contributed by atoms with van der Waals surface area (Å²) in [5.41, 5.74) is 3.52. The maximum atomic E-state index is 10.7. The molecule has 3 nitrogen and oxygen atoms in total. The lowest BCUT2D eigenvalue weighted by Gasteiger charge is -2.01. The van der Waals surface area contributed by atoms with Crippen LogP contribution in [0.3, 0.4) is 0 Å². The topological polar surface area (TPSA) is 50.2 Å². The van der Waals surface area contributed by atoms with Crippen LogP contribution in [0.4, 0.5) is 0 Å². The van der Waals surface area contributed by atoms with E-state index in [1.165, 1.54) is 22.5 Å². The zero-order valence-corrected chi connectivity index (χ0v) is 12.0. The molecule has 0 atom stereocenters. The zero-order valence-electron chi connectivity index (χ0n) is 11.1. The van der Waals surface area contributed by atoms with Crippen LogP contribution in [-0.2, 0) is 24.1 Å². The van der Waals surface area contributed by atoms with Crippen molar-refractivity contribution in [1.29, 1.82) is 0 Å². The number of carbonyl (C=O) groups is 1. The van der Waals surface area contributed by atoms with Crippen LogP contribution in [0.25, 0.3) is 0 Å². The second kappa shape index (κ2) is 5.97. The number of nitrogens with zero attached hydrogens (tertiary/aromatic N) is 1. The summed E-state index contributed by atoms with van der Waals surface area (Å²) in [4.78, 5) is 16.2. The van der Waals surface area contributed by atoms with Crippen molar-refractivity contribution < 1.29 is 9.90 Å². The molecule has 19 heavy (non-hydrogen) atoms. The molecule has 1 N–H and O–H groups in total. The van der Waals surface area contributed by atoms with E-state index in [0.717, 1.165) is 23.4 Å². The molecule has 0 saturated heterocycles. The third-order valence-electron chi connectivity index (χ3n) is 3.04. The fourth-order valence-electron chi connectivity index (χ4n) is 1.94. The zero-order chi connectivity index (χ0) is 13.8. The smallest absolute Gasteiger partial charge is 0.310 e. The Balaban J connectivity index is 2.13. The molecule has 0 unspecified atom stereocenters. The summed E-state index contributed by atoms with van der Waals surface area (Å²) in [6, 6.07) is 8.55. The van der Waals surface area contributed by atoms with Gasteiger partial charge in [0.25, 0.3) is 0 Å². The number of carboxylic acid groups (broad SMARTS) is 1. The normalized spacial score (nSPS) is 10.6. The largest absolute Gasteiger partial charge is 0.481 e. The molecule has 0 aliphatic carbocycles.